The van der Waals surface area contributed by atoms with Gasteiger partial charge in [0.1, 0.15) is 5.75 Å². The molecule has 4 rings (SSSR count). The molecule has 2 aliphatic rings. The Labute approximate surface area is 189 Å². The van der Waals surface area contributed by atoms with Crippen LogP contribution in [-0.2, 0) is 4.79 Å². The Hall–Kier alpha value is -2.99. The van der Waals surface area contributed by atoms with Crippen LogP contribution in [0, 0.1) is 11.8 Å². The predicted molar refractivity (Wildman–Crippen MR) is 122 cm³/mol. The number of allylic oxidation sites excluding steroid dienone is 1. The van der Waals surface area contributed by atoms with Gasteiger partial charge in [-0.2, -0.15) is 0 Å². The quantitative estimate of drug-likeness (QED) is 0.595. The summed E-state index contributed by atoms with van der Waals surface area (Å²) in [6.07, 6.45) is 5.37. The molecule has 1 saturated heterocycles. The van der Waals surface area contributed by atoms with Gasteiger partial charge < -0.3 is 19.3 Å². The maximum Gasteiger partial charge on any atom is 0.309 e. The molecule has 3 atom stereocenters. The lowest BCUT2D eigenvalue weighted by molar-refractivity contribution is -0.143. The van der Waals surface area contributed by atoms with Crippen molar-refractivity contribution in [3.05, 3.63) is 65.7 Å². The van der Waals surface area contributed by atoms with Gasteiger partial charge in [-0.25, -0.2) is 0 Å². The Kier molecular flexibility index (Phi) is 6.70. The third-order valence-corrected chi connectivity index (χ3v) is 6.28. The summed E-state index contributed by atoms with van der Waals surface area (Å²) >= 11 is 0. The monoisotopic (exact) mass is 437 g/mol. The van der Waals surface area contributed by atoms with Crippen molar-refractivity contribution in [2.75, 3.05) is 27.0 Å². The molecule has 3 unspecified atom stereocenters. The van der Waals surface area contributed by atoms with Crippen LogP contribution >= 0.6 is 0 Å². The van der Waals surface area contributed by atoms with Crippen LogP contribution in [-0.4, -0.2) is 43.0 Å². The first-order valence-electron chi connectivity index (χ1n) is 11.1. The number of likely N-dealkylation sites (tertiary alicyclic amines) is 1. The summed E-state index contributed by atoms with van der Waals surface area (Å²) in [5.74, 6) is 1.21. The van der Waals surface area contributed by atoms with E-state index in [4.69, 9.17) is 14.2 Å². The minimum atomic E-state index is -0.790. The van der Waals surface area contributed by atoms with Crippen molar-refractivity contribution in [3.8, 4) is 17.2 Å². The maximum absolute atomic E-state index is 12.6. The molecular formula is C26H31NO5. The highest BCUT2D eigenvalue weighted by molar-refractivity contribution is 5.74. The van der Waals surface area contributed by atoms with Gasteiger partial charge in [-0.3, -0.25) is 9.69 Å². The van der Waals surface area contributed by atoms with E-state index in [-0.39, 0.29) is 18.8 Å². The number of hydrogen-bond donors (Lipinski definition) is 1. The number of rotatable bonds is 8. The molecule has 32 heavy (non-hydrogen) atoms. The van der Waals surface area contributed by atoms with E-state index in [9.17, 15) is 9.90 Å². The highest BCUT2D eigenvalue weighted by Gasteiger charge is 2.47. The number of fused-ring (bicyclic) bond motifs is 1. The zero-order valence-electron chi connectivity index (χ0n) is 18.9. The molecule has 170 valence electrons. The Morgan fingerprint density at radius 2 is 1.84 bits per heavy atom. The van der Waals surface area contributed by atoms with Gasteiger partial charge in [-0.05, 0) is 47.7 Å². The van der Waals surface area contributed by atoms with Crippen molar-refractivity contribution in [2.24, 2.45) is 11.8 Å². The van der Waals surface area contributed by atoms with Crippen LogP contribution < -0.4 is 14.2 Å². The maximum atomic E-state index is 12.6. The fraction of sp³-hybridized carbons (Fsp3) is 0.423. The Morgan fingerprint density at radius 1 is 1.12 bits per heavy atom. The van der Waals surface area contributed by atoms with Crippen molar-refractivity contribution in [2.45, 2.75) is 32.2 Å². The van der Waals surface area contributed by atoms with Crippen LogP contribution in [0.1, 0.15) is 43.4 Å². The summed E-state index contributed by atoms with van der Waals surface area (Å²) in [6, 6.07) is 13.3. The molecule has 0 saturated carbocycles. The number of carboxylic acids is 1. The average Bonchev–Trinajstić information content (AvgIpc) is 3.40. The summed E-state index contributed by atoms with van der Waals surface area (Å²) in [5, 5.41) is 10.3. The first-order valence-corrected chi connectivity index (χ1v) is 11.1. The van der Waals surface area contributed by atoms with Gasteiger partial charge in [0.2, 0.25) is 6.79 Å². The van der Waals surface area contributed by atoms with E-state index < -0.39 is 11.9 Å². The van der Waals surface area contributed by atoms with Crippen molar-refractivity contribution in [1.29, 1.82) is 0 Å². The zero-order chi connectivity index (χ0) is 22.7. The average molecular weight is 438 g/mol. The molecule has 0 bridgehead atoms. The van der Waals surface area contributed by atoms with Crippen molar-refractivity contribution in [3.63, 3.8) is 0 Å². The van der Waals surface area contributed by atoms with Crippen LogP contribution in [0.4, 0.5) is 0 Å². The molecule has 2 aliphatic heterocycles. The molecule has 6 heteroatoms. The number of benzene rings is 2. The molecule has 1 N–H and O–H groups in total. The molecule has 2 aromatic rings. The highest BCUT2D eigenvalue weighted by atomic mass is 16.7. The molecule has 0 aromatic heterocycles. The molecule has 0 spiro atoms. The van der Waals surface area contributed by atoms with E-state index in [1.807, 2.05) is 42.5 Å². The minimum Gasteiger partial charge on any atom is -0.497 e. The number of aliphatic carboxylic acids is 1. The summed E-state index contributed by atoms with van der Waals surface area (Å²) in [6.45, 7) is 5.94. The molecule has 2 aromatic carbocycles. The summed E-state index contributed by atoms with van der Waals surface area (Å²) in [7, 11) is 1.63. The van der Waals surface area contributed by atoms with Gasteiger partial charge in [0.05, 0.1) is 13.0 Å². The zero-order valence-corrected chi connectivity index (χ0v) is 18.9. The lowest BCUT2D eigenvalue weighted by Gasteiger charge is -2.26. The van der Waals surface area contributed by atoms with E-state index in [1.165, 1.54) is 0 Å². The highest BCUT2D eigenvalue weighted by Crippen LogP contribution is 2.47. The SMILES string of the molecule is COc1ccc(C2C(C(=O)O)C(c3ccc4c(c3)OCO4)CN2C/C=C/CC(C)C)cc1. The van der Waals surface area contributed by atoms with Gasteiger partial charge >= 0.3 is 5.97 Å². The molecule has 6 nitrogen and oxygen atoms in total. The second-order valence-electron chi connectivity index (χ2n) is 8.86. The third-order valence-electron chi connectivity index (χ3n) is 6.28. The predicted octanol–water partition coefficient (Wildman–Crippen LogP) is 4.87. The van der Waals surface area contributed by atoms with Crippen LogP contribution in [0.15, 0.2) is 54.6 Å². The smallest absolute Gasteiger partial charge is 0.309 e. The van der Waals surface area contributed by atoms with Gasteiger partial charge in [-0.15, -0.1) is 0 Å². The largest absolute Gasteiger partial charge is 0.497 e. The number of methoxy groups -OCH3 is 1. The third kappa shape index (κ3) is 4.60. The van der Waals surface area contributed by atoms with Crippen LogP contribution in [0.25, 0.3) is 0 Å². The lowest BCUT2D eigenvalue weighted by atomic mass is 9.82. The Balaban J connectivity index is 1.68. The molecule has 0 amide bonds. The van der Waals surface area contributed by atoms with Gasteiger partial charge in [0, 0.05) is 25.0 Å². The van der Waals surface area contributed by atoms with Crippen LogP contribution in [0.3, 0.4) is 0 Å². The first kappa shape index (κ1) is 22.2. The fourth-order valence-corrected chi connectivity index (χ4v) is 4.68. The van der Waals surface area contributed by atoms with E-state index in [2.05, 4.69) is 30.9 Å². The summed E-state index contributed by atoms with van der Waals surface area (Å²) in [5.41, 5.74) is 1.95. The topological polar surface area (TPSA) is 68.2 Å². The Bertz CT molecular complexity index is 969. The number of carboxylic acid groups (broad SMARTS) is 1. The molecule has 0 aliphatic carbocycles. The van der Waals surface area contributed by atoms with Gasteiger partial charge in [0.15, 0.2) is 11.5 Å². The van der Waals surface area contributed by atoms with Crippen molar-refractivity contribution in [1.82, 2.24) is 4.90 Å². The van der Waals surface area contributed by atoms with E-state index >= 15 is 0 Å². The number of ether oxygens (including phenoxy) is 3. The summed E-state index contributed by atoms with van der Waals surface area (Å²) in [4.78, 5) is 14.8. The molecule has 2 heterocycles. The Morgan fingerprint density at radius 3 is 2.53 bits per heavy atom. The minimum absolute atomic E-state index is 0.160. The fourth-order valence-electron chi connectivity index (χ4n) is 4.68. The normalized spacial score (nSPS) is 22.7. The van der Waals surface area contributed by atoms with Crippen LogP contribution in [0.5, 0.6) is 17.2 Å². The number of carbonyl (C=O) groups is 1. The molecule has 1 fully saturated rings. The second-order valence-corrected chi connectivity index (χ2v) is 8.86. The standard InChI is InChI=1S/C26H31NO5/c1-17(2)6-4-5-13-27-15-21(19-9-12-22-23(14-19)32-16-31-22)24(26(28)29)25(27)18-7-10-20(30-3)11-8-18/h4-5,7-12,14,17,21,24-25H,6,13,15-16H2,1-3H3,(H,28,29)/b5-4+. The number of hydrogen-bond acceptors (Lipinski definition) is 5. The molecule has 0 radical (unpaired) electrons. The van der Waals surface area contributed by atoms with E-state index in [0.717, 1.165) is 23.3 Å². The second kappa shape index (κ2) is 9.65. The number of nitrogens with zero attached hydrogens (tertiary/aromatic N) is 1. The first-order chi connectivity index (χ1) is 15.5. The summed E-state index contributed by atoms with van der Waals surface area (Å²) < 4.78 is 16.3. The van der Waals surface area contributed by atoms with Crippen molar-refractivity contribution >= 4 is 5.97 Å². The van der Waals surface area contributed by atoms with E-state index in [0.29, 0.717) is 30.5 Å². The van der Waals surface area contributed by atoms with Gasteiger partial charge in [-0.1, -0.05) is 44.2 Å². The lowest BCUT2D eigenvalue weighted by Crippen LogP contribution is -2.29. The van der Waals surface area contributed by atoms with Crippen molar-refractivity contribution < 1.29 is 24.1 Å². The van der Waals surface area contributed by atoms with E-state index in [1.54, 1.807) is 7.11 Å². The van der Waals surface area contributed by atoms with Gasteiger partial charge in [0.25, 0.3) is 0 Å². The molecular weight excluding hydrogens is 406 g/mol. The van der Waals surface area contributed by atoms with Crippen LogP contribution in [0.2, 0.25) is 0 Å².